The molecular formula is C16H18BrFN2. The van der Waals surface area contributed by atoms with Crippen molar-refractivity contribution in [3.05, 3.63) is 63.9 Å². The molecule has 0 fully saturated rings. The van der Waals surface area contributed by atoms with Crippen molar-refractivity contribution in [2.24, 2.45) is 0 Å². The minimum atomic E-state index is -0.171. The molecule has 0 bridgehead atoms. The Labute approximate surface area is 127 Å². The number of halogens is 2. The zero-order valence-corrected chi connectivity index (χ0v) is 13.2. The highest BCUT2D eigenvalue weighted by molar-refractivity contribution is 9.10. The summed E-state index contributed by atoms with van der Waals surface area (Å²) in [6.07, 6.45) is 0. The molecule has 0 saturated heterocycles. The van der Waals surface area contributed by atoms with Gasteiger partial charge >= 0.3 is 0 Å². The van der Waals surface area contributed by atoms with E-state index in [-0.39, 0.29) is 11.9 Å². The SMILES string of the molecule is CC(c1ccccc1F)N(C)Cc1ccc(Br)cc1N. The molecule has 1 unspecified atom stereocenters. The van der Waals surface area contributed by atoms with Gasteiger partial charge in [-0.2, -0.15) is 0 Å². The van der Waals surface area contributed by atoms with E-state index >= 15 is 0 Å². The van der Waals surface area contributed by atoms with Gasteiger partial charge in [0.2, 0.25) is 0 Å². The zero-order chi connectivity index (χ0) is 14.7. The summed E-state index contributed by atoms with van der Waals surface area (Å²) in [6.45, 7) is 2.67. The molecule has 0 aliphatic rings. The molecule has 4 heteroatoms. The number of nitrogen functional groups attached to an aromatic ring is 1. The zero-order valence-electron chi connectivity index (χ0n) is 11.6. The van der Waals surface area contributed by atoms with Gasteiger partial charge in [-0.1, -0.05) is 40.2 Å². The van der Waals surface area contributed by atoms with Gasteiger partial charge in [0.25, 0.3) is 0 Å². The summed E-state index contributed by atoms with van der Waals surface area (Å²) >= 11 is 3.39. The molecule has 0 aromatic heterocycles. The van der Waals surface area contributed by atoms with Gasteiger partial charge in [0, 0.05) is 28.3 Å². The van der Waals surface area contributed by atoms with Gasteiger partial charge in [-0.05, 0) is 37.7 Å². The Morgan fingerprint density at radius 2 is 1.95 bits per heavy atom. The van der Waals surface area contributed by atoms with Crippen molar-refractivity contribution in [3.63, 3.8) is 0 Å². The number of benzene rings is 2. The van der Waals surface area contributed by atoms with Gasteiger partial charge in [0.15, 0.2) is 0 Å². The molecule has 0 spiro atoms. The van der Waals surface area contributed by atoms with Crippen LogP contribution in [0, 0.1) is 5.82 Å². The van der Waals surface area contributed by atoms with E-state index in [0.717, 1.165) is 15.7 Å². The van der Waals surface area contributed by atoms with Crippen LogP contribution in [0.5, 0.6) is 0 Å². The first-order valence-electron chi connectivity index (χ1n) is 6.47. The monoisotopic (exact) mass is 336 g/mol. The van der Waals surface area contributed by atoms with Crippen LogP contribution in [-0.2, 0) is 6.54 Å². The minimum absolute atomic E-state index is 0.0146. The van der Waals surface area contributed by atoms with Gasteiger partial charge in [0.1, 0.15) is 5.82 Å². The maximum absolute atomic E-state index is 13.8. The van der Waals surface area contributed by atoms with Crippen molar-refractivity contribution in [1.82, 2.24) is 4.90 Å². The summed E-state index contributed by atoms with van der Waals surface area (Å²) in [4.78, 5) is 2.08. The van der Waals surface area contributed by atoms with Crippen LogP contribution in [0.2, 0.25) is 0 Å². The molecule has 0 heterocycles. The molecule has 0 amide bonds. The van der Waals surface area contributed by atoms with E-state index in [4.69, 9.17) is 5.73 Å². The third-order valence-electron chi connectivity index (χ3n) is 3.54. The van der Waals surface area contributed by atoms with Crippen molar-refractivity contribution in [2.45, 2.75) is 19.5 Å². The lowest BCUT2D eigenvalue weighted by molar-refractivity contribution is 0.248. The third kappa shape index (κ3) is 3.38. The van der Waals surface area contributed by atoms with E-state index in [1.54, 1.807) is 6.07 Å². The highest BCUT2D eigenvalue weighted by atomic mass is 79.9. The van der Waals surface area contributed by atoms with Gasteiger partial charge in [0.05, 0.1) is 0 Å². The van der Waals surface area contributed by atoms with Crippen LogP contribution >= 0.6 is 15.9 Å². The Morgan fingerprint density at radius 3 is 2.60 bits per heavy atom. The second-order valence-electron chi connectivity index (χ2n) is 4.96. The lowest BCUT2D eigenvalue weighted by atomic mass is 10.1. The molecule has 0 radical (unpaired) electrons. The van der Waals surface area contributed by atoms with Crippen molar-refractivity contribution in [1.29, 1.82) is 0 Å². The predicted octanol–water partition coefficient (Wildman–Crippen LogP) is 4.36. The lowest BCUT2D eigenvalue weighted by Gasteiger charge is -2.26. The fourth-order valence-electron chi connectivity index (χ4n) is 2.17. The molecule has 20 heavy (non-hydrogen) atoms. The molecule has 0 aliphatic heterocycles. The van der Waals surface area contributed by atoms with Gasteiger partial charge in [-0.25, -0.2) is 4.39 Å². The van der Waals surface area contributed by atoms with Crippen LogP contribution in [0.4, 0.5) is 10.1 Å². The topological polar surface area (TPSA) is 29.3 Å². The van der Waals surface area contributed by atoms with Crippen LogP contribution in [0.15, 0.2) is 46.9 Å². The molecule has 2 aromatic carbocycles. The van der Waals surface area contributed by atoms with E-state index in [2.05, 4.69) is 20.8 Å². The molecule has 106 valence electrons. The Morgan fingerprint density at radius 1 is 1.25 bits per heavy atom. The summed E-state index contributed by atoms with van der Waals surface area (Å²) < 4.78 is 14.8. The van der Waals surface area contributed by atoms with Crippen molar-refractivity contribution in [3.8, 4) is 0 Å². The quantitative estimate of drug-likeness (QED) is 0.840. The Hall–Kier alpha value is -1.39. The van der Waals surface area contributed by atoms with Gasteiger partial charge in [-0.15, -0.1) is 0 Å². The van der Waals surface area contributed by atoms with E-state index in [1.807, 2.05) is 44.3 Å². The van der Waals surface area contributed by atoms with E-state index < -0.39 is 0 Å². The number of nitrogens with zero attached hydrogens (tertiary/aromatic N) is 1. The van der Waals surface area contributed by atoms with E-state index in [1.165, 1.54) is 6.07 Å². The summed E-state index contributed by atoms with van der Waals surface area (Å²) in [6, 6.07) is 12.7. The van der Waals surface area contributed by atoms with Crippen LogP contribution < -0.4 is 5.73 Å². The Bertz CT molecular complexity index is 601. The number of rotatable bonds is 4. The first kappa shape index (κ1) is 15.0. The van der Waals surface area contributed by atoms with Crippen molar-refractivity contribution < 1.29 is 4.39 Å². The van der Waals surface area contributed by atoms with Gasteiger partial charge in [-0.3, -0.25) is 4.90 Å². The molecule has 0 aliphatic carbocycles. The molecule has 2 aromatic rings. The number of anilines is 1. The summed E-state index contributed by atoms with van der Waals surface area (Å²) in [7, 11) is 1.97. The maximum Gasteiger partial charge on any atom is 0.127 e. The van der Waals surface area contributed by atoms with E-state index in [9.17, 15) is 4.39 Å². The Balaban J connectivity index is 2.15. The minimum Gasteiger partial charge on any atom is -0.398 e. The molecule has 0 saturated carbocycles. The second kappa shape index (κ2) is 6.37. The fourth-order valence-corrected chi connectivity index (χ4v) is 2.55. The molecule has 2 N–H and O–H groups in total. The van der Waals surface area contributed by atoms with Gasteiger partial charge < -0.3 is 5.73 Å². The van der Waals surface area contributed by atoms with Crippen LogP contribution in [-0.4, -0.2) is 11.9 Å². The van der Waals surface area contributed by atoms with Crippen molar-refractivity contribution >= 4 is 21.6 Å². The number of hydrogen-bond donors (Lipinski definition) is 1. The van der Waals surface area contributed by atoms with Crippen LogP contribution in [0.1, 0.15) is 24.1 Å². The lowest BCUT2D eigenvalue weighted by Crippen LogP contribution is -2.23. The normalized spacial score (nSPS) is 12.7. The first-order valence-corrected chi connectivity index (χ1v) is 7.27. The average Bonchev–Trinajstić information content (AvgIpc) is 2.41. The maximum atomic E-state index is 13.8. The average molecular weight is 337 g/mol. The second-order valence-corrected chi connectivity index (χ2v) is 5.87. The largest absolute Gasteiger partial charge is 0.398 e. The number of hydrogen-bond acceptors (Lipinski definition) is 2. The first-order chi connectivity index (χ1) is 9.49. The van der Waals surface area contributed by atoms with Crippen LogP contribution in [0.25, 0.3) is 0 Å². The van der Waals surface area contributed by atoms with E-state index in [0.29, 0.717) is 12.1 Å². The van der Waals surface area contributed by atoms with Crippen molar-refractivity contribution in [2.75, 3.05) is 12.8 Å². The third-order valence-corrected chi connectivity index (χ3v) is 4.04. The highest BCUT2D eigenvalue weighted by Gasteiger charge is 2.16. The highest BCUT2D eigenvalue weighted by Crippen LogP contribution is 2.25. The smallest absolute Gasteiger partial charge is 0.127 e. The molecule has 2 nitrogen and oxygen atoms in total. The molecular weight excluding hydrogens is 319 g/mol. The summed E-state index contributed by atoms with van der Waals surface area (Å²) in [5.41, 5.74) is 8.49. The number of nitrogens with two attached hydrogens (primary N) is 1. The predicted molar refractivity (Wildman–Crippen MR) is 84.8 cm³/mol. The summed E-state index contributed by atoms with van der Waals surface area (Å²) in [5.74, 6) is -0.171. The molecule has 2 rings (SSSR count). The molecule has 1 atom stereocenters. The Kier molecular flexibility index (Phi) is 4.78. The fraction of sp³-hybridized carbons (Fsp3) is 0.250. The summed E-state index contributed by atoms with van der Waals surface area (Å²) in [5, 5.41) is 0. The standard InChI is InChI=1S/C16H18BrFN2/c1-11(14-5-3-4-6-15(14)18)20(2)10-12-7-8-13(17)9-16(12)19/h3-9,11H,10,19H2,1-2H3. The van der Waals surface area contributed by atoms with Crippen LogP contribution in [0.3, 0.4) is 0 Å².